The smallest absolute Gasteiger partial charge is 0.251 e. The Labute approximate surface area is 194 Å². The second-order valence-electron chi connectivity index (χ2n) is 8.78. The molecule has 0 radical (unpaired) electrons. The third kappa shape index (κ3) is 4.79. The molecular formula is C28H27ClN2O. The third-order valence-electron chi connectivity index (χ3n) is 6.52. The number of rotatable bonds is 7. The molecule has 1 saturated heterocycles. The summed E-state index contributed by atoms with van der Waals surface area (Å²) in [7, 11) is 0. The van der Waals surface area contributed by atoms with Crippen LogP contribution in [-0.4, -0.2) is 29.9 Å². The Balaban J connectivity index is 1.10. The number of fused-ring (bicyclic) bond motifs is 2. The maximum Gasteiger partial charge on any atom is 0.251 e. The molecule has 1 N–H and O–H groups in total. The van der Waals surface area contributed by atoms with E-state index in [4.69, 9.17) is 11.6 Å². The quantitative estimate of drug-likeness (QED) is 0.473. The van der Waals surface area contributed by atoms with Gasteiger partial charge in [0.15, 0.2) is 0 Å². The van der Waals surface area contributed by atoms with E-state index in [-0.39, 0.29) is 5.91 Å². The van der Waals surface area contributed by atoms with Crippen LogP contribution < -0.4 is 5.32 Å². The van der Waals surface area contributed by atoms with Gasteiger partial charge in [-0.3, -0.25) is 9.69 Å². The summed E-state index contributed by atoms with van der Waals surface area (Å²) in [5, 5.41) is 3.75. The number of amides is 1. The molecule has 2 unspecified atom stereocenters. The molecule has 3 aromatic carbocycles. The van der Waals surface area contributed by atoms with E-state index < -0.39 is 0 Å². The lowest BCUT2D eigenvalue weighted by molar-refractivity contribution is 0.0954. The molecule has 1 aliphatic heterocycles. The molecule has 1 fully saturated rings. The first-order valence-electron chi connectivity index (χ1n) is 11.3. The van der Waals surface area contributed by atoms with Crippen LogP contribution in [0.4, 0.5) is 0 Å². The topological polar surface area (TPSA) is 32.3 Å². The minimum atomic E-state index is -0.0404. The minimum absolute atomic E-state index is 0.0404. The van der Waals surface area contributed by atoms with Gasteiger partial charge in [0.25, 0.3) is 5.91 Å². The molecular weight excluding hydrogens is 416 g/mol. The molecule has 162 valence electrons. The number of halogens is 1. The van der Waals surface area contributed by atoms with Crippen molar-refractivity contribution in [2.75, 3.05) is 13.1 Å². The minimum Gasteiger partial charge on any atom is -0.352 e. The molecule has 32 heavy (non-hydrogen) atoms. The molecule has 0 saturated carbocycles. The number of nitrogens with zero attached hydrogens (tertiary/aromatic N) is 1. The summed E-state index contributed by atoms with van der Waals surface area (Å²) < 4.78 is 0. The van der Waals surface area contributed by atoms with Crippen LogP contribution in [0.2, 0.25) is 5.02 Å². The van der Waals surface area contributed by atoms with Gasteiger partial charge in [-0.2, -0.15) is 0 Å². The molecule has 2 bridgehead atoms. The van der Waals surface area contributed by atoms with E-state index in [2.05, 4.69) is 46.6 Å². The summed E-state index contributed by atoms with van der Waals surface area (Å²) in [4.78, 5) is 15.1. The summed E-state index contributed by atoms with van der Waals surface area (Å²) in [6.07, 6.45) is 6.84. The monoisotopic (exact) mass is 442 g/mol. The van der Waals surface area contributed by atoms with Gasteiger partial charge >= 0.3 is 0 Å². The Morgan fingerprint density at radius 3 is 2.16 bits per heavy atom. The third-order valence-corrected chi connectivity index (χ3v) is 6.77. The number of benzene rings is 3. The van der Waals surface area contributed by atoms with Crippen LogP contribution in [-0.2, 0) is 13.0 Å². The molecule has 5 rings (SSSR count). The predicted molar refractivity (Wildman–Crippen MR) is 131 cm³/mol. The van der Waals surface area contributed by atoms with Crippen molar-refractivity contribution < 1.29 is 4.79 Å². The van der Waals surface area contributed by atoms with Gasteiger partial charge in [-0.15, -0.1) is 0 Å². The summed E-state index contributed by atoms with van der Waals surface area (Å²) in [6, 6.07) is 24.8. The number of nitrogens with one attached hydrogen (secondary N) is 1. The van der Waals surface area contributed by atoms with Crippen LogP contribution >= 0.6 is 11.6 Å². The molecule has 0 spiro atoms. The average Bonchev–Trinajstić information content (AvgIpc) is 3.44. The summed E-state index contributed by atoms with van der Waals surface area (Å²) in [5.41, 5.74) is 5.43. The zero-order valence-electron chi connectivity index (χ0n) is 18.0. The Hall–Kier alpha value is -2.88. The van der Waals surface area contributed by atoms with Gasteiger partial charge in [-0.05, 0) is 65.3 Å². The molecule has 0 aromatic heterocycles. The highest BCUT2D eigenvalue weighted by molar-refractivity contribution is 6.30. The highest BCUT2D eigenvalue weighted by Crippen LogP contribution is 2.32. The normalized spacial score (nSPS) is 19.4. The van der Waals surface area contributed by atoms with Gasteiger partial charge in [0.05, 0.1) is 0 Å². The van der Waals surface area contributed by atoms with Crippen molar-refractivity contribution in [1.29, 1.82) is 0 Å². The zero-order valence-corrected chi connectivity index (χ0v) is 18.8. The van der Waals surface area contributed by atoms with Crippen LogP contribution in [0.25, 0.3) is 11.1 Å². The van der Waals surface area contributed by atoms with Gasteiger partial charge in [-0.1, -0.05) is 72.3 Å². The summed E-state index contributed by atoms with van der Waals surface area (Å²) in [5.74, 6) is 0.720. The van der Waals surface area contributed by atoms with Crippen LogP contribution in [0.15, 0.2) is 84.9 Å². The van der Waals surface area contributed by atoms with Crippen molar-refractivity contribution in [3.8, 4) is 11.1 Å². The van der Waals surface area contributed by atoms with Gasteiger partial charge in [0, 0.05) is 36.3 Å². The lowest BCUT2D eigenvalue weighted by Gasteiger charge is -2.23. The Bertz CT molecular complexity index is 1100. The first-order valence-corrected chi connectivity index (χ1v) is 11.7. The van der Waals surface area contributed by atoms with Crippen molar-refractivity contribution in [2.24, 2.45) is 5.92 Å². The standard InChI is InChI=1S/C28H27ClN2O/c29-26-12-10-24(11-13-26)23-6-8-25(9-7-23)28(32)30-16-15-20-1-3-21(4-2-20)18-31-19-22-5-14-27(31)17-22/h1-14,22,27H,15-19H2,(H,30,32). The largest absolute Gasteiger partial charge is 0.352 e. The maximum atomic E-state index is 12.5. The Kier molecular flexibility index (Phi) is 6.11. The summed E-state index contributed by atoms with van der Waals surface area (Å²) in [6.45, 7) is 2.84. The second kappa shape index (κ2) is 9.32. The van der Waals surface area contributed by atoms with Crippen molar-refractivity contribution >= 4 is 17.5 Å². The number of hydrogen-bond donors (Lipinski definition) is 1. The van der Waals surface area contributed by atoms with E-state index in [0.717, 1.165) is 35.0 Å². The highest BCUT2D eigenvalue weighted by Gasteiger charge is 2.33. The SMILES string of the molecule is O=C(NCCc1ccc(CN2CC3C=CC2C3)cc1)c1ccc(-c2ccc(Cl)cc2)cc1. The number of hydrogen-bond acceptors (Lipinski definition) is 2. The van der Waals surface area contributed by atoms with Gasteiger partial charge < -0.3 is 5.32 Å². The predicted octanol–water partition coefficient (Wildman–Crippen LogP) is 5.74. The van der Waals surface area contributed by atoms with E-state index in [1.165, 1.54) is 24.1 Å². The van der Waals surface area contributed by atoms with Crippen LogP contribution in [0.1, 0.15) is 27.9 Å². The van der Waals surface area contributed by atoms with E-state index in [9.17, 15) is 4.79 Å². The lowest BCUT2D eigenvalue weighted by Crippen LogP contribution is -2.29. The van der Waals surface area contributed by atoms with E-state index in [0.29, 0.717) is 18.2 Å². The first-order chi connectivity index (χ1) is 15.6. The molecule has 1 amide bonds. The Morgan fingerprint density at radius 1 is 0.875 bits per heavy atom. The van der Waals surface area contributed by atoms with Crippen molar-refractivity contribution in [3.63, 3.8) is 0 Å². The van der Waals surface area contributed by atoms with Gasteiger partial charge in [0.1, 0.15) is 0 Å². The molecule has 1 heterocycles. The summed E-state index contributed by atoms with van der Waals surface area (Å²) >= 11 is 5.96. The van der Waals surface area contributed by atoms with Crippen LogP contribution in [0.5, 0.6) is 0 Å². The molecule has 3 nitrogen and oxygen atoms in total. The Morgan fingerprint density at radius 2 is 1.53 bits per heavy atom. The van der Waals surface area contributed by atoms with E-state index >= 15 is 0 Å². The van der Waals surface area contributed by atoms with Crippen LogP contribution in [0.3, 0.4) is 0 Å². The fourth-order valence-electron chi connectivity index (χ4n) is 4.70. The van der Waals surface area contributed by atoms with Crippen molar-refractivity contribution in [1.82, 2.24) is 10.2 Å². The number of carbonyl (C=O) groups excluding carboxylic acids is 1. The van der Waals surface area contributed by atoms with E-state index in [1.54, 1.807) is 0 Å². The molecule has 4 heteroatoms. The van der Waals surface area contributed by atoms with Crippen LogP contribution in [0, 0.1) is 5.92 Å². The zero-order chi connectivity index (χ0) is 21.9. The molecule has 2 aliphatic rings. The van der Waals surface area contributed by atoms with E-state index in [1.807, 2.05) is 48.5 Å². The number of carbonyl (C=O) groups is 1. The maximum absolute atomic E-state index is 12.5. The molecule has 2 atom stereocenters. The van der Waals surface area contributed by atoms with Gasteiger partial charge in [0.2, 0.25) is 0 Å². The fraction of sp³-hybridized carbons (Fsp3) is 0.250. The first kappa shape index (κ1) is 21.0. The van der Waals surface area contributed by atoms with Crippen molar-refractivity contribution in [2.45, 2.75) is 25.4 Å². The average molecular weight is 443 g/mol. The highest BCUT2D eigenvalue weighted by atomic mass is 35.5. The molecule has 3 aromatic rings. The van der Waals surface area contributed by atoms with Gasteiger partial charge in [-0.25, -0.2) is 0 Å². The number of likely N-dealkylation sites (tertiary alicyclic amines) is 1. The second-order valence-corrected chi connectivity index (χ2v) is 9.22. The lowest BCUT2D eigenvalue weighted by atomic mass is 10.0. The fourth-order valence-corrected chi connectivity index (χ4v) is 4.83. The van der Waals surface area contributed by atoms with Crippen molar-refractivity contribution in [3.05, 3.63) is 107 Å². The molecule has 1 aliphatic carbocycles.